The number of benzene rings is 2. The van der Waals surface area contributed by atoms with Gasteiger partial charge in [-0.25, -0.2) is 0 Å². The second-order valence-corrected chi connectivity index (χ2v) is 4.95. The van der Waals surface area contributed by atoms with Crippen LogP contribution < -0.4 is 19.5 Å². The van der Waals surface area contributed by atoms with E-state index in [1.807, 2.05) is 18.2 Å². The average Bonchev–Trinajstić information content (AvgIpc) is 3.04. The molecule has 2 aromatic rings. The SMILES string of the molecule is COc1cc(OC)cc(C(=O)Nc2cccc3c2OCC3)c1. The van der Waals surface area contributed by atoms with Crippen molar-refractivity contribution in [2.24, 2.45) is 0 Å². The Morgan fingerprint density at radius 2 is 1.86 bits per heavy atom. The molecule has 0 aromatic heterocycles. The first-order valence-corrected chi connectivity index (χ1v) is 7.00. The molecule has 0 bridgehead atoms. The Kier molecular flexibility index (Phi) is 3.87. The number of carbonyl (C=O) groups excluding carboxylic acids is 1. The van der Waals surface area contributed by atoms with Gasteiger partial charge >= 0.3 is 0 Å². The van der Waals surface area contributed by atoms with Gasteiger partial charge in [0.25, 0.3) is 5.91 Å². The molecule has 0 spiro atoms. The highest BCUT2D eigenvalue weighted by molar-refractivity contribution is 6.05. The molecule has 1 N–H and O–H groups in total. The molecule has 1 heterocycles. The molecule has 0 saturated carbocycles. The molecule has 2 aromatic carbocycles. The van der Waals surface area contributed by atoms with E-state index in [0.29, 0.717) is 29.4 Å². The lowest BCUT2D eigenvalue weighted by Crippen LogP contribution is -2.13. The molecular formula is C17H17NO4. The second-order valence-electron chi connectivity index (χ2n) is 4.95. The minimum absolute atomic E-state index is 0.235. The minimum Gasteiger partial charge on any atom is -0.497 e. The van der Waals surface area contributed by atoms with Crippen LogP contribution in [0.25, 0.3) is 0 Å². The van der Waals surface area contributed by atoms with E-state index in [4.69, 9.17) is 14.2 Å². The lowest BCUT2D eigenvalue weighted by Gasteiger charge is -2.11. The van der Waals surface area contributed by atoms with Gasteiger partial charge < -0.3 is 19.5 Å². The predicted octanol–water partition coefficient (Wildman–Crippen LogP) is 2.89. The fourth-order valence-electron chi connectivity index (χ4n) is 2.45. The molecule has 114 valence electrons. The molecule has 0 saturated heterocycles. The molecular weight excluding hydrogens is 282 g/mol. The summed E-state index contributed by atoms with van der Waals surface area (Å²) in [6.07, 6.45) is 0.867. The summed E-state index contributed by atoms with van der Waals surface area (Å²) in [5.74, 6) is 1.66. The summed E-state index contributed by atoms with van der Waals surface area (Å²) in [6, 6.07) is 10.8. The van der Waals surface area contributed by atoms with Crippen LogP contribution in [0.3, 0.4) is 0 Å². The summed E-state index contributed by atoms with van der Waals surface area (Å²) in [5, 5.41) is 2.89. The topological polar surface area (TPSA) is 56.8 Å². The zero-order chi connectivity index (χ0) is 15.5. The van der Waals surface area contributed by atoms with Crippen molar-refractivity contribution >= 4 is 11.6 Å². The Bertz CT molecular complexity index is 690. The molecule has 5 heteroatoms. The third kappa shape index (κ3) is 2.70. The van der Waals surface area contributed by atoms with E-state index < -0.39 is 0 Å². The number of anilines is 1. The highest BCUT2D eigenvalue weighted by Crippen LogP contribution is 2.34. The number of methoxy groups -OCH3 is 2. The van der Waals surface area contributed by atoms with E-state index in [2.05, 4.69) is 5.32 Å². The van der Waals surface area contributed by atoms with Gasteiger partial charge in [0.1, 0.15) is 17.2 Å². The summed E-state index contributed by atoms with van der Waals surface area (Å²) in [7, 11) is 3.10. The van der Waals surface area contributed by atoms with E-state index in [1.54, 1.807) is 32.4 Å². The van der Waals surface area contributed by atoms with Crippen molar-refractivity contribution in [2.75, 3.05) is 26.1 Å². The van der Waals surface area contributed by atoms with Crippen molar-refractivity contribution in [1.82, 2.24) is 0 Å². The zero-order valence-electron chi connectivity index (χ0n) is 12.5. The van der Waals surface area contributed by atoms with Gasteiger partial charge in [-0.1, -0.05) is 12.1 Å². The number of fused-ring (bicyclic) bond motifs is 1. The van der Waals surface area contributed by atoms with Crippen LogP contribution in [0, 0.1) is 0 Å². The maximum absolute atomic E-state index is 12.5. The third-order valence-electron chi connectivity index (χ3n) is 3.58. The van der Waals surface area contributed by atoms with Gasteiger partial charge in [-0.05, 0) is 23.8 Å². The number of para-hydroxylation sites is 1. The molecule has 0 unspecified atom stereocenters. The van der Waals surface area contributed by atoms with Gasteiger partial charge in [-0.2, -0.15) is 0 Å². The van der Waals surface area contributed by atoms with Crippen LogP contribution >= 0.6 is 0 Å². The molecule has 0 aliphatic carbocycles. The van der Waals surface area contributed by atoms with Crippen LogP contribution in [0.4, 0.5) is 5.69 Å². The van der Waals surface area contributed by atoms with E-state index in [0.717, 1.165) is 17.7 Å². The fraction of sp³-hybridized carbons (Fsp3) is 0.235. The smallest absolute Gasteiger partial charge is 0.256 e. The maximum atomic E-state index is 12.5. The Balaban J connectivity index is 1.88. The van der Waals surface area contributed by atoms with Crippen LogP contribution in [0.1, 0.15) is 15.9 Å². The molecule has 0 fully saturated rings. The Hall–Kier alpha value is -2.69. The number of hydrogen-bond donors (Lipinski definition) is 1. The van der Waals surface area contributed by atoms with Gasteiger partial charge in [0.05, 0.1) is 26.5 Å². The van der Waals surface area contributed by atoms with Crippen LogP contribution in [0.15, 0.2) is 36.4 Å². The largest absolute Gasteiger partial charge is 0.497 e. The van der Waals surface area contributed by atoms with E-state index in [9.17, 15) is 4.79 Å². The molecule has 1 amide bonds. The van der Waals surface area contributed by atoms with Crippen LogP contribution in [0.2, 0.25) is 0 Å². The number of hydrogen-bond acceptors (Lipinski definition) is 4. The van der Waals surface area contributed by atoms with Crippen molar-refractivity contribution in [3.05, 3.63) is 47.5 Å². The van der Waals surface area contributed by atoms with Crippen LogP contribution in [0.5, 0.6) is 17.2 Å². The predicted molar refractivity (Wildman–Crippen MR) is 83.1 cm³/mol. The fourth-order valence-corrected chi connectivity index (χ4v) is 2.45. The number of ether oxygens (including phenoxy) is 3. The molecule has 0 atom stereocenters. The van der Waals surface area contributed by atoms with Gasteiger partial charge in [-0.3, -0.25) is 4.79 Å². The standard InChI is InChI=1S/C17H17NO4/c1-20-13-8-12(9-14(10-13)21-2)17(19)18-15-5-3-4-11-6-7-22-16(11)15/h3-5,8-10H,6-7H2,1-2H3,(H,18,19). The summed E-state index contributed by atoms with van der Waals surface area (Å²) in [6.45, 7) is 0.648. The van der Waals surface area contributed by atoms with Crippen molar-refractivity contribution in [2.45, 2.75) is 6.42 Å². The molecule has 3 rings (SSSR count). The maximum Gasteiger partial charge on any atom is 0.256 e. The van der Waals surface area contributed by atoms with Crippen LogP contribution in [-0.4, -0.2) is 26.7 Å². The Morgan fingerprint density at radius 3 is 2.55 bits per heavy atom. The van der Waals surface area contributed by atoms with Crippen molar-refractivity contribution in [3.63, 3.8) is 0 Å². The van der Waals surface area contributed by atoms with Gasteiger partial charge in [-0.15, -0.1) is 0 Å². The van der Waals surface area contributed by atoms with Crippen molar-refractivity contribution < 1.29 is 19.0 Å². The monoisotopic (exact) mass is 299 g/mol. The highest BCUT2D eigenvalue weighted by atomic mass is 16.5. The number of rotatable bonds is 4. The van der Waals surface area contributed by atoms with E-state index in [1.165, 1.54) is 0 Å². The Labute approximate surface area is 128 Å². The van der Waals surface area contributed by atoms with Crippen molar-refractivity contribution in [1.29, 1.82) is 0 Å². The average molecular weight is 299 g/mol. The number of nitrogens with one attached hydrogen (secondary N) is 1. The molecule has 22 heavy (non-hydrogen) atoms. The lowest BCUT2D eigenvalue weighted by atomic mass is 10.1. The second kappa shape index (κ2) is 5.97. The number of carbonyl (C=O) groups is 1. The first-order valence-electron chi connectivity index (χ1n) is 7.00. The first kappa shape index (κ1) is 14.3. The number of amides is 1. The highest BCUT2D eigenvalue weighted by Gasteiger charge is 2.18. The molecule has 1 aliphatic heterocycles. The summed E-state index contributed by atoms with van der Waals surface area (Å²) in [5.41, 5.74) is 2.26. The zero-order valence-corrected chi connectivity index (χ0v) is 12.5. The minimum atomic E-state index is -0.235. The summed E-state index contributed by atoms with van der Waals surface area (Å²) in [4.78, 5) is 12.5. The molecule has 5 nitrogen and oxygen atoms in total. The Morgan fingerprint density at radius 1 is 1.14 bits per heavy atom. The summed E-state index contributed by atoms with van der Waals surface area (Å²) >= 11 is 0. The normalized spacial score (nSPS) is 12.3. The van der Waals surface area contributed by atoms with E-state index >= 15 is 0 Å². The molecule has 0 radical (unpaired) electrons. The lowest BCUT2D eigenvalue weighted by molar-refractivity contribution is 0.102. The van der Waals surface area contributed by atoms with Gasteiger partial charge in [0, 0.05) is 18.1 Å². The van der Waals surface area contributed by atoms with Gasteiger partial charge in [0.15, 0.2) is 0 Å². The first-order chi connectivity index (χ1) is 10.7. The quantitative estimate of drug-likeness (QED) is 0.943. The van der Waals surface area contributed by atoms with Crippen LogP contribution in [-0.2, 0) is 6.42 Å². The van der Waals surface area contributed by atoms with Gasteiger partial charge in [0.2, 0.25) is 0 Å². The third-order valence-corrected chi connectivity index (χ3v) is 3.58. The molecule has 1 aliphatic rings. The van der Waals surface area contributed by atoms with Crippen molar-refractivity contribution in [3.8, 4) is 17.2 Å². The van der Waals surface area contributed by atoms with E-state index in [-0.39, 0.29) is 5.91 Å². The summed E-state index contributed by atoms with van der Waals surface area (Å²) < 4.78 is 16.0.